The third kappa shape index (κ3) is 5.30. The molecule has 0 aromatic heterocycles. The molecule has 0 saturated heterocycles. The van der Waals surface area contributed by atoms with Crippen molar-refractivity contribution in [1.82, 2.24) is 5.32 Å². The third-order valence-corrected chi connectivity index (χ3v) is 2.73. The van der Waals surface area contributed by atoms with E-state index in [-0.39, 0.29) is 5.57 Å². The Balaban J connectivity index is 2.84. The van der Waals surface area contributed by atoms with Gasteiger partial charge in [-0.3, -0.25) is 4.79 Å². The number of amides is 1. The molecule has 0 radical (unpaired) electrons. The van der Waals surface area contributed by atoms with Crippen molar-refractivity contribution in [1.29, 1.82) is 5.26 Å². The molecule has 3 nitrogen and oxygen atoms in total. The normalized spacial score (nSPS) is 11.9. The summed E-state index contributed by atoms with van der Waals surface area (Å²) in [5.74, 6) is -0.522. The fourth-order valence-corrected chi connectivity index (χ4v) is 1.56. The number of nitrogens with one attached hydrogen (secondary N) is 1. The molecule has 0 aliphatic rings. The molecule has 21 heavy (non-hydrogen) atoms. The second kappa shape index (κ2) is 7.48. The molecule has 0 bridgehead atoms. The lowest BCUT2D eigenvalue weighted by Gasteiger charge is -2.06. The molecule has 0 unspecified atom stereocenters. The minimum atomic E-state index is -4.40. The molecule has 0 atom stereocenters. The lowest BCUT2D eigenvalue weighted by Crippen LogP contribution is -2.25. The van der Waals surface area contributed by atoms with Crippen LogP contribution in [0.5, 0.6) is 0 Å². The highest BCUT2D eigenvalue weighted by atomic mass is 19.4. The number of carbonyl (C=O) groups is 1. The van der Waals surface area contributed by atoms with Gasteiger partial charge in [-0.25, -0.2) is 0 Å². The Morgan fingerprint density at radius 2 is 1.95 bits per heavy atom. The molecule has 1 aromatic carbocycles. The molecular formula is C15H15F3N2O. The number of alkyl halides is 3. The van der Waals surface area contributed by atoms with Crippen molar-refractivity contribution >= 4 is 12.0 Å². The average Bonchev–Trinajstić information content (AvgIpc) is 2.44. The van der Waals surface area contributed by atoms with Gasteiger partial charge in [0.25, 0.3) is 5.91 Å². The van der Waals surface area contributed by atoms with Crippen LogP contribution in [0.15, 0.2) is 29.8 Å². The van der Waals surface area contributed by atoms with E-state index in [0.717, 1.165) is 25.0 Å². The highest BCUT2D eigenvalue weighted by molar-refractivity contribution is 6.01. The fourth-order valence-electron chi connectivity index (χ4n) is 1.56. The number of halogens is 3. The van der Waals surface area contributed by atoms with Gasteiger partial charge in [-0.1, -0.05) is 25.5 Å². The summed E-state index contributed by atoms with van der Waals surface area (Å²) < 4.78 is 37.3. The van der Waals surface area contributed by atoms with Crippen LogP contribution in [0.2, 0.25) is 0 Å². The Morgan fingerprint density at radius 1 is 1.33 bits per heavy atom. The molecule has 0 fully saturated rings. The van der Waals surface area contributed by atoms with Gasteiger partial charge in [-0.05, 0) is 30.2 Å². The fraction of sp³-hybridized carbons (Fsp3) is 0.333. The molecule has 112 valence electrons. The summed E-state index contributed by atoms with van der Waals surface area (Å²) in [5.41, 5.74) is -0.540. The van der Waals surface area contributed by atoms with Gasteiger partial charge >= 0.3 is 6.18 Å². The number of rotatable bonds is 5. The van der Waals surface area contributed by atoms with Crippen LogP contribution in [0, 0.1) is 11.3 Å². The smallest absolute Gasteiger partial charge is 0.351 e. The summed E-state index contributed by atoms with van der Waals surface area (Å²) in [6.07, 6.45) is -1.44. The van der Waals surface area contributed by atoms with Gasteiger partial charge in [-0.2, -0.15) is 18.4 Å². The summed E-state index contributed by atoms with van der Waals surface area (Å²) in [7, 11) is 0. The maximum atomic E-state index is 12.4. The molecule has 0 heterocycles. The van der Waals surface area contributed by atoms with Crippen LogP contribution in [0.3, 0.4) is 0 Å². The Hall–Kier alpha value is -2.29. The minimum absolute atomic E-state index is 0.133. The largest absolute Gasteiger partial charge is 0.416 e. The van der Waals surface area contributed by atoms with Crippen LogP contribution >= 0.6 is 0 Å². The first-order chi connectivity index (χ1) is 9.88. The van der Waals surface area contributed by atoms with E-state index in [2.05, 4.69) is 5.32 Å². The average molecular weight is 296 g/mol. The van der Waals surface area contributed by atoms with Crippen LogP contribution < -0.4 is 5.32 Å². The number of hydrogen-bond acceptors (Lipinski definition) is 2. The number of hydrogen-bond donors (Lipinski definition) is 1. The van der Waals surface area contributed by atoms with E-state index in [1.54, 1.807) is 6.07 Å². The second-order valence-electron chi connectivity index (χ2n) is 4.40. The molecule has 0 spiro atoms. The lowest BCUT2D eigenvalue weighted by atomic mass is 10.1. The van der Waals surface area contributed by atoms with Crippen molar-refractivity contribution in [2.45, 2.75) is 25.9 Å². The van der Waals surface area contributed by atoms with Gasteiger partial charge in [0.1, 0.15) is 11.6 Å². The molecule has 1 amide bonds. The zero-order chi connectivity index (χ0) is 15.9. The van der Waals surface area contributed by atoms with Gasteiger partial charge in [-0.15, -0.1) is 0 Å². The van der Waals surface area contributed by atoms with Crippen LogP contribution in [0.4, 0.5) is 13.2 Å². The highest BCUT2D eigenvalue weighted by Gasteiger charge is 2.29. The van der Waals surface area contributed by atoms with E-state index in [4.69, 9.17) is 5.26 Å². The van der Waals surface area contributed by atoms with Gasteiger partial charge in [0, 0.05) is 6.54 Å². The molecule has 1 aromatic rings. The first-order valence-corrected chi connectivity index (χ1v) is 6.45. The second-order valence-corrected chi connectivity index (χ2v) is 4.40. The molecule has 0 saturated carbocycles. The maximum absolute atomic E-state index is 12.4. The Kier molecular flexibility index (Phi) is 5.97. The Bertz CT molecular complexity index is 554. The molecular weight excluding hydrogens is 281 g/mol. The van der Waals surface area contributed by atoms with Crippen molar-refractivity contribution in [3.63, 3.8) is 0 Å². The van der Waals surface area contributed by atoms with Gasteiger partial charge < -0.3 is 5.32 Å². The monoisotopic (exact) mass is 296 g/mol. The summed E-state index contributed by atoms with van der Waals surface area (Å²) in [4.78, 5) is 11.7. The number of nitrogens with zero attached hydrogens (tertiary/aromatic N) is 1. The summed E-state index contributed by atoms with van der Waals surface area (Å²) >= 11 is 0. The Labute approximate surface area is 121 Å². The molecule has 1 rings (SSSR count). The predicted octanol–water partition coefficient (Wildman–Crippen LogP) is 3.53. The van der Waals surface area contributed by atoms with E-state index in [1.165, 1.54) is 18.2 Å². The van der Waals surface area contributed by atoms with E-state index in [1.807, 2.05) is 6.92 Å². The molecule has 0 aliphatic heterocycles. The molecule has 0 aliphatic carbocycles. The topological polar surface area (TPSA) is 52.9 Å². The first-order valence-electron chi connectivity index (χ1n) is 6.45. The summed E-state index contributed by atoms with van der Waals surface area (Å²) in [6.45, 7) is 2.43. The van der Waals surface area contributed by atoms with Gasteiger partial charge in [0.05, 0.1) is 5.56 Å². The summed E-state index contributed by atoms with van der Waals surface area (Å²) in [6, 6.07) is 6.02. The van der Waals surface area contributed by atoms with E-state index in [0.29, 0.717) is 12.1 Å². The van der Waals surface area contributed by atoms with Crippen molar-refractivity contribution in [3.8, 4) is 6.07 Å². The van der Waals surface area contributed by atoms with Gasteiger partial charge in [0.2, 0.25) is 0 Å². The number of unbranched alkanes of at least 4 members (excludes halogenated alkanes) is 1. The quantitative estimate of drug-likeness (QED) is 0.513. The lowest BCUT2D eigenvalue weighted by molar-refractivity contribution is -0.137. The number of carbonyl (C=O) groups excluding carboxylic acids is 1. The van der Waals surface area contributed by atoms with Crippen LogP contribution in [-0.2, 0) is 11.0 Å². The van der Waals surface area contributed by atoms with Crippen LogP contribution in [-0.4, -0.2) is 12.5 Å². The van der Waals surface area contributed by atoms with Crippen LogP contribution in [0.1, 0.15) is 30.9 Å². The van der Waals surface area contributed by atoms with Gasteiger partial charge in [0.15, 0.2) is 0 Å². The van der Waals surface area contributed by atoms with Crippen molar-refractivity contribution in [2.75, 3.05) is 6.54 Å². The van der Waals surface area contributed by atoms with E-state index < -0.39 is 17.6 Å². The minimum Gasteiger partial charge on any atom is -0.351 e. The third-order valence-electron chi connectivity index (χ3n) is 2.73. The van der Waals surface area contributed by atoms with E-state index in [9.17, 15) is 18.0 Å². The standard InChI is InChI=1S/C15H15F3N2O/c1-2-3-8-20-14(21)12(10-19)9-11-4-6-13(7-5-11)15(16,17)18/h4-7,9H,2-3,8H2,1H3,(H,20,21). The molecule has 1 N–H and O–H groups in total. The molecule has 6 heteroatoms. The van der Waals surface area contributed by atoms with Crippen molar-refractivity contribution in [3.05, 3.63) is 41.0 Å². The van der Waals surface area contributed by atoms with Crippen LogP contribution in [0.25, 0.3) is 6.08 Å². The SMILES string of the molecule is CCCCNC(=O)C(C#N)=Cc1ccc(C(F)(F)F)cc1. The Morgan fingerprint density at radius 3 is 2.43 bits per heavy atom. The first kappa shape index (κ1) is 16.8. The zero-order valence-electron chi connectivity index (χ0n) is 11.5. The highest BCUT2D eigenvalue weighted by Crippen LogP contribution is 2.29. The van der Waals surface area contributed by atoms with Crippen molar-refractivity contribution in [2.24, 2.45) is 0 Å². The predicted molar refractivity (Wildman–Crippen MR) is 73.0 cm³/mol. The summed E-state index contributed by atoms with van der Waals surface area (Å²) in [5, 5.41) is 11.5. The van der Waals surface area contributed by atoms with E-state index >= 15 is 0 Å². The maximum Gasteiger partial charge on any atom is 0.416 e. The van der Waals surface area contributed by atoms with Crippen molar-refractivity contribution < 1.29 is 18.0 Å². The number of nitriles is 1. The number of benzene rings is 1. The zero-order valence-corrected chi connectivity index (χ0v) is 11.5.